The van der Waals surface area contributed by atoms with Crippen molar-refractivity contribution in [2.24, 2.45) is 7.05 Å². The number of morpholine rings is 1. The number of ether oxygens (including phenoxy) is 1. The summed E-state index contributed by atoms with van der Waals surface area (Å²) in [5.74, 6) is 0.653. The van der Waals surface area contributed by atoms with E-state index in [2.05, 4.69) is 63.2 Å². The van der Waals surface area contributed by atoms with Crippen LogP contribution in [0.25, 0.3) is 11.4 Å². The van der Waals surface area contributed by atoms with Crippen molar-refractivity contribution in [3.63, 3.8) is 0 Å². The molecule has 2 aromatic heterocycles. The van der Waals surface area contributed by atoms with Gasteiger partial charge in [0.05, 0.1) is 23.6 Å². The molecule has 1 aromatic carbocycles. The Kier molecular flexibility index (Phi) is 6.30. The molecule has 0 spiro atoms. The minimum Gasteiger partial charge on any atom is -0.372 e. The average molecular weight is 462 g/mol. The highest BCUT2D eigenvalue weighted by atomic mass is 16.5. The van der Waals surface area contributed by atoms with E-state index in [-0.39, 0.29) is 23.8 Å². The standard InChI is InChI=1S/C25H31N7O2/c1-17-13-32(14-18(2)34-17)20-6-4-19(5-7-20)23-15-31(11-10-27-23)25-29-22(12-24(33)30(25)3)21-8-9-26-16-28-21/h4-9,12,16-18,23,27H,10-11,13-15H2,1-3H3/t17-,18+,23-/m1/s1. The molecular formula is C25H31N7O2. The summed E-state index contributed by atoms with van der Waals surface area (Å²) in [6.45, 7) is 8.35. The average Bonchev–Trinajstić information content (AvgIpc) is 2.86. The Morgan fingerprint density at radius 2 is 1.76 bits per heavy atom. The van der Waals surface area contributed by atoms with E-state index in [1.807, 2.05) is 0 Å². The molecular weight excluding hydrogens is 430 g/mol. The summed E-state index contributed by atoms with van der Waals surface area (Å²) in [4.78, 5) is 30.3. The zero-order chi connectivity index (χ0) is 23.7. The monoisotopic (exact) mass is 461 g/mol. The van der Waals surface area contributed by atoms with E-state index in [1.165, 1.54) is 23.6 Å². The number of hydrogen-bond donors (Lipinski definition) is 1. The van der Waals surface area contributed by atoms with Crippen LogP contribution in [0.3, 0.4) is 0 Å². The van der Waals surface area contributed by atoms with Crippen molar-refractivity contribution in [2.45, 2.75) is 32.1 Å². The van der Waals surface area contributed by atoms with Gasteiger partial charge in [-0.25, -0.2) is 15.0 Å². The molecule has 2 aliphatic heterocycles. The summed E-state index contributed by atoms with van der Waals surface area (Å²) in [7, 11) is 1.77. The van der Waals surface area contributed by atoms with Crippen LogP contribution in [0, 0.1) is 0 Å². The highest BCUT2D eigenvalue weighted by Gasteiger charge is 2.26. The summed E-state index contributed by atoms with van der Waals surface area (Å²) in [6, 6.07) is 12.2. The van der Waals surface area contributed by atoms with Gasteiger partial charge in [-0.05, 0) is 37.6 Å². The predicted molar refractivity (Wildman–Crippen MR) is 132 cm³/mol. The zero-order valence-corrected chi connectivity index (χ0v) is 19.9. The molecule has 0 aliphatic carbocycles. The smallest absolute Gasteiger partial charge is 0.255 e. The Morgan fingerprint density at radius 1 is 1.00 bits per heavy atom. The first-order valence-electron chi connectivity index (χ1n) is 11.8. The van der Waals surface area contributed by atoms with Gasteiger partial charge >= 0.3 is 0 Å². The number of piperazine rings is 1. The van der Waals surface area contributed by atoms with Crippen LogP contribution >= 0.6 is 0 Å². The van der Waals surface area contributed by atoms with Crippen molar-refractivity contribution in [2.75, 3.05) is 42.5 Å². The van der Waals surface area contributed by atoms with Gasteiger partial charge in [0, 0.05) is 63.8 Å². The normalized spacial score (nSPS) is 23.2. The van der Waals surface area contributed by atoms with Gasteiger partial charge in [-0.3, -0.25) is 9.36 Å². The lowest BCUT2D eigenvalue weighted by Crippen LogP contribution is -2.48. The fourth-order valence-corrected chi connectivity index (χ4v) is 4.84. The van der Waals surface area contributed by atoms with E-state index < -0.39 is 0 Å². The number of benzene rings is 1. The molecule has 9 heteroatoms. The number of rotatable bonds is 4. The second kappa shape index (κ2) is 9.52. The van der Waals surface area contributed by atoms with Crippen LogP contribution in [-0.2, 0) is 11.8 Å². The van der Waals surface area contributed by atoms with Gasteiger partial charge in [0.1, 0.15) is 6.33 Å². The molecule has 2 fully saturated rings. The Balaban J connectivity index is 1.35. The predicted octanol–water partition coefficient (Wildman–Crippen LogP) is 2.00. The Morgan fingerprint density at radius 3 is 2.47 bits per heavy atom. The van der Waals surface area contributed by atoms with Gasteiger partial charge in [0.25, 0.3) is 5.56 Å². The molecule has 1 N–H and O–H groups in total. The van der Waals surface area contributed by atoms with Crippen LogP contribution in [0.15, 0.2) is 53.7 Å². The maximum Gasteiger partial charge on any atom is 0.255 e. The van der Waals surface area contributed by atoms with Crippen LogP contribution in [-0.4, -0.2) is 64.5 Å². The SMILES string of the molecule is C[C@@H]1CN(c2ccc([C@H]3CN(c4nc(-c5ccncn5)cc(=O)n4C)CCN3)cc2)C[C@H](C)O1. The van der Waals surface area contributed by atoms with Crippen LogP contribution in [0.5, 0.6) is 0 Å². The largest absolute Gasteiger partial charge is 0.372 e. The van der Waals surface area contributed by atoms with Crippen molar-refractivity contribution in [1.82, 2.24) is 24.8 Å². The van der Waals surface area contributed by atoms with E-state index in [0.717, 1.165) is 32.7 Å². The first-order chi connectivity index (χ1) is 16.5. The molecule has 3 atom stereocenters. The Bertz CT molecular complexity index is 1170. The third-order valence-electron chi connectivity index (χ3n) is 6.49. The summed E-state index contributed by atoms with van der Waals surface area (Å²) in [5, 5.41) is 3.62. The van der Waals surface area contributed by atoms with Gasteiger partial charge in [0.2, 0.25) is 5.95 Å². The van der Waals surface area contributed by atoms with Crippen molar-refractivity contribution >= 4 is 11.6 Å². The molecule has 4 heterocycles. The van der Waals surface area contributed by atoms with E-state index in [4.69, 9.17) is 9.72 Å². The highest BCUT2D eigenvalue weighted by Crippen LogP contribution is 2.26. The molecule has 178 valence electrons. The van der Waals surface area contributed by atoms with E-state index in [9.17, 15) is 4.79 Å². The van der Waals surface area contributed by atoms with Crippen LogP contribution < -0.4 is 20.7 Å². The Hall–Kier alpha value is -3.30. The Labute approximate surface area is 199 Å². The molecule has 2 aliphatic rings. The third-order valence-corrected chi connectivity index (χ3v) is 6.49. The lowest BCUT2D eigenvalue weighted by molar-refractivity contribution is -0.00521. The second-order valence-electron chi connectivity index (χ2n) is 9.14. The molecule has 9 nitrogen and oxygen atoms in total. The minimum absolute atomic E-state index is 0.105. The molecule has 5 rings (SSSR count). The van der Waals surface area contributed by atoms with Gasteiger partial charge in [-0.2, -0.15) is 0 Å². The second-order valence-corrected chi connectivity index (χ2v) is 9.14. The molecule has 3 aromatic rings. The fourth-order valence-electron chi connectivity index (χ4n) is 4.84. The molecule has 2 saturated heterocycles. The highest BCUT2D eigenvalue weighted by molar-refractivity contribution is 5.55. The molecule has 34 heavy (non-hydrogen) atoms. The van der Waals surface area contributed by atoms with Gasteiger partial charge in [0.15, 0.2) is 0 Å². The zero-order valence-electron chi connectivity index (χ0n) is 19.9. The first kappa shape index (κ1) is 22.5. The van der Waals surface area contributed by atoms with E-state index in [0.29, 0.717) is 17.3 Å². The summed E-state index contributed by atoms with van der Waals surface area (Å²) in [5.41, 5.74) is 3.55. The molecule has 0 saturated carbocycles. The van der Waals surface area contributed by atoms with Crippen molar-refractivity contribution < 1.29 is 4.74 Å². The number of nitrogens with zero attached hydrogens (tertiary/aromatic N) is 6. The maximum atomic E-state index is 12.7. The molecule has 0 bridgehead atoms. The lowest BCUT2D eigenvalue weighted by atomic mass is 10.0. The maximum absolute atomic E-state index is 12.7. The quantitative estimate of drug-likeness (QED) is 0.631. The number of aromatic nitrogens is 4. The molecule has 0 radical (unpaired) electrons. The fraction of sp³-hybridized carbons (Fsp3) is 0.440. The number of nitrogens with one attached hydrogen (secondary N) is 1. The summed E-state index contributed by atoms with van der Waals surface area (Å²) < 4.78 is 7.48. The lowest BCUT2D eigenvalue weighted by Gasteiger charge is -2.37. The molecule has 0 unspecified atom stereocenters. The first-order valence-corrected chi connectivity index (χ1v) is 11.8. The minimum atomic E-state index is -0.105. The van der Waals surface area contributed by atoms with Crippen LogP contribution in [0.1, 0.15) is 25.5 Å². The van der Waals surface area contributed by atoms with Gasteiger partial charge < -0.3 is 19.9 Å². The number of anilines is 2. The van der Waals surface area contributed by atoms with E-state index in [1.54, 1.807) is 23.9 Å². The molecule has 0 amide bonds. The topological polar surface area (TPSA) is 88.4 Å². The van der Waals surface area contributed by atoms with Crippen molar-refractivity contribution in [3.05, 3.63) is 64.8 Å². The summed E-state index contributed by atoms with van der Waals surface area (Å²) >= 11 is 0. The van der Waals surface area contributed by atoms with Crippen molar-refractivity contribution in [1.29, 1.82) is 0 Å². The van der Waals surface area contributed by atoms with Gasteiger partial charge in [-0.1, -0.05) is 12.1 Å². The summed E-state index contributed by atoms with van der Waals surface area (Å²) in [6.07, 6.45) is 3.59. The number of hydrogen-bond acceptors (Lipinski definition) is 8. The van der Waals surface area contributed by atoms with Crippen LogP contribution in [0.4, 0.5) is 11.6 Å². The third kappa shape index (κ3) is 4.67. The van der Waals surface area contributed by atoms with Crippen molar-refractivity contribution in [3.8, 4) is 11.4 Å². The van der Waals surface area contributed by atoms with Crippen LogP contribution in [0.2, 0.25) is 0 Å². The van der Waals surface area contributed by atoms with E-state index >= 15 is 0 Å². The van der Waals surface area contributed by atoms with Gasteiger partial charge in [-0.15, -0.1) is 0 Å².